The van der Waals surface area contributed by atoms with Gasteiger partial charge in [0, 0.05) is 35.7 Å². The Bertz CT molecular complexity index is 1230. The van der Waals surface area contributed by atoms with Crippen LogP contribution in [0.5, 0.6) is 5.75 Å². The number of carboxylic acids is 1. The number of aryl methyl sites for hydroxylation is 1. The highest BCUT2D eigenvalue weighted by atomic mass is 19.4. The maximum atomic E-state index is 13.2. The average molecular weight is 488 g/mol. The Hall–Kier alpha value is -3.55. The molecule has 0 unspecified atom stereocenters. The van der Waals surface area contributed by atoms with Crippen LogP contribution in [0.1, 0.15) is 50.8 Å². The summed E-state index contributed by atoms with van der Waals surface area (Å²) in [6.07, 6.45) is -0.323. The molecular weight excluding hydrogens is 459 g/mol. The molecule has 0 spiro atoms. The van der Waals surface area contributed by atoms with Gasteiger partial charge in [-0.05, 0) is 66.8 Å². The number of rotatable bonds is 6. The van der Waals surface area contributed by atoms with Crippen LogP contribution in [0.15, 0.2) is 48.1 Å². The van der Waals surface area contributed by atoms with Gasteiger partial charge >= 0.3 is 12.3 Å². The van der Waals surface area contributed by atoms with Crippen molar-refractivity contribution >= 4 is 23.6 Å². The number of benzene rings is 2. The van der Waals surface area contributed by atoms with E-state index in [1.807, 2.05) is 33.8 Å². The minimum absolute atomic E-state index is 0.0380. The minimum Gasteiger partial charge on any atom is -0.478 e. The van der Waals surface area contributed by atoms with Crippen molar-refractivity contribution < 1.29 is 32.6 Å². The summed E-state index contributed by atoms with van der Waals surface area (Å²) in [5.41, 5.74) is 3.74. The number of ether oxygens (including phenoxy) is 1. The number of carbonyl (C=O) groups excluding carboxylic acids is 1. The fourth-order valence-electron chi connectivity index (χ4n) is 4.35. The molecule has 1 amide bonds. The summed E-state index contributed by atoms with van der Waals surface area (Å²) < 4.78 is 44.0. The Balaban J connectivity index is 2.21. The first-order chi connectivity index (χ1) is 16.2. The molecule has 0 saturated carbocycles. The Kier molecular flexibility index (Phi) is 7.15. The molecule has 0 saturated heterocycles. The topological polar surface area (TPSA) is 66.8 Å². The monoisotopic (exact) mass is 487 g/mol. The van der Waals surface area contributed by atoms with Crippen molar-refractivity contribution in [2.75, 3.05) is 11.4 Å². The Labute approximate surface area is 202 Å². The lowest BCUT2D eigenvalue weighted by Gasteiger charge is -2.39. The first-order valence-corrected chi connectivity index (χ1v) is 11.2. The molecule has 0 aromatic heterocycles. The largest absolute Gasteiger partial charge is 0.573 e. The van der Waals surface area contributed by atoms with Crippen molar-refractivity contribution in [2.24, 2.45) is 0 Å². The molecule has 1 aliphatic rings. The second-order valence-corrected chi connectivity index (χ2v) is 9.25. The van der Waals surface area contributed by atoms with Gasteiger partial charge in [-0.25, -0.2) is 4.79 Å². The summed E-state index contributed by atoms with van der Waals surface area (Å²) in [7, 11) is 0. The molecule has 2 aromatic carbocycles. The number of halogens is 3. The highest BCUT2D eigenvalue weighted by Crippen LogP contribution is 2.45. The molecule has 1 heterocycles. The Morgan fingerprint density at radius 3 is 2.49 bits per heavy atom. The number of carboxylic acid groups (broad SMARTS) is 1. The number of carbonyl (C=O) groups is 2. The van der Waals surface area contributed by atoms with E-state index in [0.29, 0.717) is 35.4 Å². The van der Waals surface area contributed by atoms with Gasteiger partial charge in [0.15, 0.2) is 0 Å². The molecule has 0 fully saturated rings. The third kappa shape index (κ3) is 5.93. The first kappa shape index (κ1) is 26.1. The van der Waals surface area contributed by atoms with Gasteiger partial charge in [-0.15, -0.1) is 13.2 Å². The lowest BCUT2D eigenvalue weighted by Crippen LogP contribution is -2.41. The van der Waals surface area contributed by atoms with Crippen LogP contribution in [0, 0.1) is 6.92 Å². The smallest absolute Gasteiger partial charge is 0.478 e. The molecule has 0 bridgehead atoms. The van der Waals surface area contributed by atoms with Gasteiger partial charge in [-0.2, -0.15) is 0 Å². The molecule has 5 nitrogen and oxygen atoms in total. The van der Waals surface area contributed by atoms with Crippen molar-refractivity contribution in [3.05, 3.63) is 64.7 Å². The molecule has 0 atom stereocenters. The Morgan fingerprint density at radius 1 is 1.20 bits per heavy atom. The van der Waals surface area contributed by atoms with E-state index < -0.39 is 17.7 Å². The van der Waals surface area contributed by atoms with Gasteiger partial charge in [0.25, 0.3) is 0 Å². The quantitative estimate of drug-likeness (QED) is 0.366. The van der Waals surface area contributed by atoms with E-state index in [-0.39, 0.29) is 17.2 Å². The van der Waals surface area contributed by atoms with Gasteiger partial charge in [0.05, 0.1) is 0 Å². The number of anilines is 1. The zero-order valence-electron chi connectivity index (χ0n) is 20.3. The molecule has 35 heavy (non-hydrogen) atoms. The molecular formula is C27H28F3NO4. The van der Waals surface area contributed by atoms with E-state index in [2.05, 4.69) is 4.74 Å². The van der Waals surface area contributed by atoms with Crippen LogP contribution >= 0.6 is 0 Å². The fraction of sp³-hybridized carbons (Fsp3) is 0.333. The van der Waals surface area contributed by atoms with E-state index in [1.54, 1.807) is 36.1 Å². The summed E-state index contributed by atoms with van der Waals surface area (Å²) in [5, 5.41) is 8.88. The van der Waals surface area contributed by atoms with Crippen molar-refractivity contribution in [1.82, 2.24) is 0 Å². The number of fused-ring (bicyclic) bond motifs is 1. The van der Waals surface area contributed by atoms with Gasteiger partial charge in [-0.3, -0.25) is 4.79 Å². The molecule has 8 heteroatoms. The number of amides is 1. The van der Waals surface area contributed by atoms with E-state index in [4.69, 9.17) is 5.11 Å². The maximum Gasteiger partial charge on any atom is 0.573 e. The van der Waals surface area contributed by atoms with Crippen LogP contribution in [0.3, 0.4) is 0 Å². The first-order valence-electron chi connectivity index (χ1n) is 11.2. The van der Waals surface area contributed by atoms with Gasteiger partial charge in [0.1, 0.15) is 5.75 Å². The molecule has 1 aliphatic heterocycles. The van der Waals surface area contributed by atoms with E-state index in [9.17, 15) is 22.8 Å². The van der Waals surface area contributed by atoms with Crippen LogP contribution in [-0.4, -0.2) is 29.9 Å². The van der Waals surface area contributed by atoms with Gasteiger partial charge < -0.3 is 14.7 Å². The summed E-state index contributed by atoms with van der Waals surface area (Å²) in [5.74, 6) is -1.49. The number of allylic oxidation sites excluding steroid dienone is 2. The number of hydrogen-bond donors (Lipinski definition) is 1. The molecule has 2 aromatic rings. The number of nitrogens with zero attached hydrogens (tertiary/aromatic N) is 1. The molecule has 0 aliphatic carbocycles. The SMILES string of the molecule is CCN1C(=O)CC(C)(C)c2cc(C)c(-c3cc(C=CC(C)=CC(=O)O)ccc3OC(F)(F)F)cc21. The number of hydrogen-bond acceptors (Lipinski definition) is 3. The summed E-state index contributed by atoms with van der Waals surface area (Å²) >= 11 is 0. The summed E-state index contributed by atoms with van der Waals surface area (Å²) in [6, 6.07) is 7.96. The lowest BCUT2D eigenvalue weighted by atomic mass is 9.75. The lowest BCUT2D eigenvalue weighted by molar-refractivity contribution is -0.274. The standard InChI is InChI=1S/C27H28F3NO4/c1-6-31-22-14-19(17(3)12-21(22)26(4,5)15-24(31)32)20-13-18(8-7-16(2)11-25(33)34)9-10-23(20)35-27(28,29)30/h7-14H,6,15H2,1-5H3,(H,33,34). The number of alkyl halides is 3. The third-order valence-corrected chi connectivity index (χ3v) is 5.98. The van der Waals surface area contributed by atoms with Crippen LogP contribution in [0.4, 0.5) is 18.9 Å². The third-order valence-electron chi connectivity index (χ3n) is 5.98. The van der Waals surface area contributed by atoms with Crippen LogP contribution in [0.2, 0.25) is 0 Å². The van der Waals surface area contributed by atoms with Gasteiger partial charge in [0.2, 0.25) is 5.91 Å². The molecule has 0 radical (unpaired) electrons. The van der Waals surface area contributed by atoms with E-state index in [0.717, 1.165) is 17.2 Å². The zero-order valence-corrected chi connectivity index (χ0v) is 20.3. The predicted octanol–water partition coefficient (Wildman–Crippen LogP) is 6.64. The second kappa shape index (κ2) is 9.60. The summed E-state index contributed by atoms with van der Waals surface area (Å²) in [6.45, 7) is 9.68. The summed E-state index contributed by atoms with van der Waals surface area (Å²) in [4.78, 5) is 25.3. The van der Waals surface area contributed by atoms with E-state index in [1.165, 1.54) is 12.1 Å². The predicted molar refractivity (Wildman–Crippen MR) is 129 cm³/mol. The normalized spacial score (nSPS) is 15.9. The van der Waals surface area contributed by atoms with Crippen LogP contribution in [-0.2, 0) is 15.0 Å². The Morgan fingerprint density at radius 2 is 1.89 bits per heavy atom. The van der Waals surface area contributed by atoms with E-state index >= 15 is 0 Å². The average Bonchev–Trinajstić information content (AvgIpc) is 2.71. The highest BCUT2D eigenvalue weighted by Gasteiger charge is 2.37. The van der Waals surface area contributed by atoms with Crippen LogP contribution < -0.4 is 9.64 Å². The van der Waals surface area contributed by atoms with Crippen molar-refractivity contribution in [1.29, 1.82) is 0 Å². The fourth-order valence-corrected chi connectivity index (χ4v) is 4.35. The number of aliphatic carboxylic acids is 1. The van der Waals surface area contributed by atoms with Crippen molar-refractivity contribution in [3.63, 3.8) is 0 Å². The maximum absolute atomic E-state index is 13.2. The molecule has 3 rings (SSSR count). The van der Waals surface area contributed by atoms with Crippen molar-refractivity contribution in [3.8, 4) is 16.9 Å². The van der Waals surface area contributed by atoms with Crippen molar-refractivity contribution in [2.45, 2.75) is 52.8 Å². The van der Waals surface area contributed by atoms with Gasteiger partial charge in [-0.1, -0.05) is 38.1 Å². The molecule has 1 N–H and O–H groups in total. The zero-order chi connectivity index (χ0) is 26.1. The minimum atomic E-state index is -4.89. The second-order valence-electron chi connectivity index (χ2n) is 9.25. The molecule has 186 valence electrons. The highest BCUT2D eigenvalue weighted by molar-refractivity contribution is 5.99. The van der Waals surface area contributed by atoms with Crippen LogP contribution in [0.25, 0.3) is 17.2 Å².